The number of urea groups is 1. The Kier molecular flexibility index (Phi) is 7.05. The first-order valence-electron chi connectivity index (χ1n) is 9.81. The van der Waals surface area contributed by atoms with Gasteiger partial charge in [0.25, 0.3) is 5.69 Å². The summed E-state index contributed by atoms with van der Waals surface area (Å²) in [5.74, 6) is -1.25. The number of nitrogens with zero attached hydrogens (tertiary/aromatic N) is 3. The van der Waals surface area contributed by atoms with Crippen LogP contribution in [0.2, 0.25) is 0 Å². The smallest absolute Gasteiger partial charge is 0.418 e. The van der Waals surface area contributed by atoms with Gasteiger partial charge in [-0.1, -0.05) is 18.2 Å². The van der Waals surface area contributed by atoms with Crippen molar-refractivity contribution >= 4 is 39.4 Å². The topological polar surface area (TPSA) is 102 Å². The van der Waals surface area contributed by atoms with E-state index in [9.17, 15) is 32.9 Å². The molecule has 34 heavy (non-hydrogen) atoms. The van der Waals surface area contributed by atoms with E-state index in [1.54, 1.807) is 20.8 Å². The van der Waals surface area contributed by atoms with E-state index in [1.807, 2.05) is 0 Å². The lowest BCUT2D eigenvalue weighted by Crippen LogP contribution is -2.40. The molecule has 1 unspecified atom stereocenters. The highest BCUT2D eigenvalue weighted by molar-refractivity contribution is 9.10. The Hall–Kier alpha value is -3.35. The first-order valence-corrected chi connectivity index (χ1v) is 10.6. The third kappa shape index (κ3) is 5.24. The Morgan fingerprint density at radius 1 is 1.26 bits per heavy atom. The van der Waals surface area contributed by atoms with E-state index >= 15 is 0 Å². The molecule has 0 saturated carbocycles. The summed E-state index contributed by atoms with van der Waals surface area (Å²) in [5, 5.41) is 11.7. The number of hydrogen-bond acceptors (Lipinski definition) is 6. The quantitative estimate of drug-likeness (QED) is 0.336. The molecule has 13 heteroatoms. The number of imide groups is 1. The van der Waals surface area contributed by atoms with Gasteiger partial charge < -0.3 is 9.47 Å². The van der Waals surface area contributed by atoms with Crippen molar-refractivity contribution in [3.63, 3.8) is 0 Å². The van der Waals surface area contributed by atoms with Crippen LogP contribution in [0.1, 0.15) is 32.4 Å². The Morgan fingerprint density at radius 3 is 2.50 bits per heavy atom. The summed E-state index contributed by atoms with van der Waals surface area (Å²) in [7, 11) is 0. The van der Waals surface area contributed by atoms with Crippen LogP contribution >= 0.6 is 15.9 Å². The number of para-hydroxylation sites is 1. The third-order valence-corrected chi connectivity index (χ3v) is 5.29. The Labute approximate surface area is 200 Å². The van der Waals surface area contributed by atoms with Crippen LogP contribution in [-0.4, -0.2) is 40.7 Å². The highest BCUT2D eigenvalue weighted by atomic mass is 79.9. The first-order chi connectivity index (χ1) is 15.8. The summed E-state index contributed by atoms with van der Waals surface area (Å²) < 4.78 is 49.8. The minimum atomic E-state index is -3.19. The van der Waals surface area contributed by atoms with Crippen molar-refractivity contribution in [2.75, 3.05) is 11.4 Å². The lowest BCUT2D eigenvalue weighted by Gasteiger charge is -2.25. The molecule has 182 valence electrons. The number of carbonyl (C=O) groups excluding carboxylic acids is 2. The summed E-state index contributed by atoms with van der Waals surface area (Å²) >= 11 is 2.94. The zero-order chi connectivity index (χ0) is 25.4. The summed E-state index contributed by atoms with van der Waals surface area (Å²) in [4.78, 5) is 38.4. The standard InChI is InChI=1S/C21H19BrF3N3O6/c1-21(2,3)34-20(30)26-10-16(11-6-4-5-7-17(11)33-18(24)25)27(19(26)29)14-8-12(22)13(23)9-15(14)28(31)32/h4-9,16,18H,10H2,1-3H3. The molecular weight excluding hydrogens is 527 g/mol. The van der Waals surface area contributed by atoms with Gasteiger partial charge in [0.15, 0.2) is 0 Å². The van der Waals surface area contributed by atoms with Crippen molar-refractivity contribution in [2.45, 2.75) is 39.0 Å². The minimum absolute atomic E-state index is 0.0527. The second-order valence-electron chi connectivity index (χ2n) is 8.19. The van der Waals surface area contributed by atoms with Crippen molar-refractivity contribution in [2.24, 2.45) is 0 Å². The molecule has 3 rings (SSSR count). The second-order valence-corrected chi connectivity index (χ2v) is 9.04. The lowest BCUT2D eigenvalue weighted by molar-refractivity contribution is -0.384. The van der Waals surface area contributed by atoms with Crippen LogP contribution in [0.25, 0.3) is 0 Å². The van der Waals surface area contributed by atoms with E-state index < -0.39 is 53.4 Å². The van der Waals surface area contributed by atoms with Crippen LogP contribution in [0, 0.1) is 15.9 Å². The molecule has 2 aromatic carbocycles. The second kappa shape index (κ2) is 9.49. The molecule has 1 aliphatic heterocycles. The fraction of sp³-hybridized carbons (Fsp3) is 0.333. The van der Waals surface area contributed by atoms with Crippen molar-refractivity contribution < 1.29 is 37.2 Å². The molecule has 0 spiro atoms. The largest absolute Gasteiger partial charge is 0.443 e. The molecule has 0 N–H and O–H groups in total. The van der Waals surface area contributed by atoms with Crippen LogP contribution in [0.3, 0.4) is 0 Å². The van der Waals surface area contributed by atoms with Gasteiger partial charge in [-0.15, -0.1) is 0 Å². The molecule has 0 radical (unpaired) electrons. The van der Waals surface area contributed by atoms with Crippen LogP contribution in [0.15, 0.2) is 40.9 Å². The van der Waals surface area contributed by atoms with Gasteiger partial charge in [-0.05, 0) is 48.8 Å². The van der Waals surface area contributed by atoms with Crippen molar-refractivity contribution in [3.8, 4) is 5.75 Å². The summed E-state index contributed by atoms with van der Waals surface area (Å²) in [5.41, 5.74) is -2.04. The zero-order valence-corrected chi connectivity index (χ0v) is 19.7. The fourth-order valence-electron chi connectivity index (χ4n) is 3.40. The average molecular weight is 546 g/mol. The molecule has 1 atom stereocenters. The van der Waals surface area contributed by atoms with Gasteiger partial charge in [0.2, 0.25) is 0 Å². The first kappa shape index (κ1) is 25.3. The van der Waals surface area contributed by atoms with Gasteiger partial charge in [0.05, 0.1) is 28.0 Å². The van der Waals surface area contributed by atoms with Crippen molar-refractivity contribution in [3.05, 3.63) is 62.4 Å². The number of rotatable bonds is 5. The number of ether oxygens (including phenoxy) is 2. The molecule has 0 aliphatic carbocycles. The van der Waals surface area contributed by atoms with Gasteiger partial charge in [0.1, 0.15) is 22.9 Å². The maximum atomic E-state index is 14.1. The molecule has 0 aromatic heterocycles. The molecule has 2 aromatic rings. The normalized spacial score (nSPS) is 16.2. The van der Waals surface area contributed by atoms with Gasteiger partial charge >= 0.3 is 18.7 Å². The van der Waals surface area contributed by atoms with E-state index in [2.05, 4.69) is 20.7 Å². The number of anilines is 1. The van der Waals surface area contributed by atoms with Crippen LogP contribution < -0.4 is 9.64 Å². The average Bonchev–Trinajstić information content (AvgIpc) is 3.05. The van der Waals surface area contributed by atoms with Gasteiger partial charge in [-0.25, -0.2) is 18.9 Å². The summed E-state index contributed by atoms with van der Waals surface area (Å²) in [6.07, 6.45) is -1.04. The van der Waals surface area contributed by atoms with E-state index in [4.69, 9.17) is 4.74 Å². The molecule has 1 aliphatic rings. The van der Waals surface area contributed by atoms with E-state index in [-0.39, 0.29) is 21.5 Å². The molecule has 9 nitrogen and oxygen atoms in total. The third-order valence-electron chi connectivity index (χ3n) is 4.69. The number of alkyl halides is 2. The number of hydrogen-bond donors (Lipinski definition) is 0. The molecule has 0 bridgehead atoms. The molecular formula is C21H19BrF3N3O6. The summed E-state index contributed by atoms with van der Waals surface area (Å²) in [6, 6.07) is 4.93. The fourth-order valence-corrected chi connectivity index (χ4v) is 3.73. The summed E-state index contributed by atoms with van der Waals surface area (Å²) in [6.45, 7) is 1.14. The van der Waals surface area contributed by atoms with Crippen molar-refractivity contribution in [1.82, 2.24) is 4.90 Å². The number of amides is 3. The highest BCUT2D eigenvalue weighted by Crippen LogP contribution is 2.44. The highest BCUT2D eigenvalue weighted by Gasteiger charge is 2.47. The number of nitro groups is 1. The Morgan fingerprint density at radius 2 is 1.91 bits per heavy atom. The number of halogens is 4. The monoisotopic (exact) mass is 545 g/mol. The maximum Gasteiger partial charge on any atom is 0.418 e. The van der Waals surface area contributed by atoms with E-state index in [1.165, 1.54) is 24.3 Å². The van der Waals surface area contributed by atoms with E-state index in [0.29, 0.717) is 11.0 Å². The SMILES string of the molecule is CC(C)(C)OC(=O)N1CC(c2ccccc2OC(F)F)N(c2cc(Br)c(F)cc2[N+](=O)[O-])C1=O. The molecule has 1 fully saturated rings. The van der Waals surface area contributed by atoms with Crippen LogP contribution in [0.4, 0.5) is 34.1 Å². The van der Waals surface area contributed by atoms with Crippen molar-refractivity contribution in [1.29, 1.82) is 0 Å². The van der Waals surface area contributed by atoms with Crippen LogP contribution in [0.5, 0.6) is 5.75 Å². The molecule has 1 heterocycles. The van der Waals surface area contributed by atoms with Gasteiger partial charge in [-0.3, -0.25) is 15.0 Å². The van der Waals surface area contributed by atoms with Crippen LogP contribution in [-0.2, 0) is 4.74 Å². The predicted molar refractivity (Wildman–Crippen MR) is 117 cm³/mol. The number of carbonyl (C=O) groups is 2. The zero-order valence-electron chi connectivity index (χ0n) is 18.1. The van der Waals surface area contributed by atoms with E-state index in [0.717, 1.165) is 11.0 Å². The van der Waals surface area contributed by atoms with Gasteiger partial charge in [0, 0.05) is 5.56 Å². The minimum Gasteiger partial charge on any atom is -0.443 e. The predicted octanol–water partition coefficient (Wildman–Crippen LogP) is 6.02. The molecule has 1 saturated heterocycles. The van der Waals surface area contributed by atoms with Gasteiger partial charge in [-0.2, -0.15) is 8.78 Å². The lowest BCUT2D eigenvalue weighted by atomic mass is 10.0. The Balaban J connectivity index is 2.19. The Bertz CT molecular complexity index is 1140. The number of benzene rings is 2. The number of nitro benzene ring substituents is 1. The molecule has 3 amide bonds. The maximum absolute atomic E-state index is 14.1.